The molecule has 0 aliphatic rings. The third-order valence-electron chi connectivity index (χ3n) is 3.41. The van der Waals surface area contributed by atoms with Crippen LogP contribution in [-0.4, -0.2) is 57.1 Å². The Labute approximate surface area is 133 Å². The summed E-state index contributed by atoms with van der Waals surface area (Å²) in [4.78, 5) is 25.1. The van der Waals surface area contributed by atoms with Gasteiger partial charge >= 0.3 is 0 Å². The third kappa shape index (κ3) is 4.02. The van der Waals surface area contributed by atoms with E-state index in [2.05, 4.69) is 5.10 Å². The number of hydrogen-bond donors (Lipinski definition) is 2. The summed E-state index contributed by atoms with van der Waals surface area (Å²) in [6.45, 7) is -0.364. The second kappa shape index (κ2) is 7.17. The molecule has 1 atom stereocenters. The summed E-state index contributed by atoms with van der Waals surface area (Å²) in [7, 11) is 3.11. The minimum atomic E-state index is -0.975. The Kier molecular flexibility index (Phi) is 5.25. The second-order valence-corrected chi connectivity index (χ2v) is 5.28. The van der Waals surface area contributed by atoms with Crippen LogP contribution in [-0.2, 0) is 7.05 Å². The molecule has 0 spiro atoms. The van der Waals surface area contributed by atoms with Gasteiger partial charge in [-0.05, 0) is 18.2 Å². The maximum absolute atomic E-state index is 12.4. The summed E-state index contributed by atoms with van der Waals surface area (Å²) in [6.07, 6.45) is -0.975. The van der Waals surface area contributed by atoms with E-state index in [0.717, 1.165) is 0 Å². The van der Waals surface area contributed by atoms with Crippen molar-refractivity contribution in [2.75, 3.05) is 20.2 Å². The molecule has 122 valence electrons. The molecule has 1 amide bonds. The van der Waals surface area contributed by atoms with E-state index >= 15 is 0 Å². The predicted molar refractivity (Wildman–Crippen MR) is 85.0 cm³/mol. The van der Waals surface area contributed by atoms with E-state index in [0.29, 0.717) is 16.8 Å². The average Bonchev–Trinajstić information content (AvgIpc) is 2.56. The zero-order valence-electron chi connectivity index (χ0n) is 13.0. The minimum Gasteiger partial charge on any atom is -0.394 e. The Morgan fingerprint density at radius 1 is 1.35 bits per heavy atom. The highest BCUT2D eigenvalue weighted by Crippen LogP contribution is 2.18. The van der Waals surface area contributed by atoms with E-state index in [4.69, 9.17) is 5.11 Å². The number of benzene rings is 1. The lowest BCUT2D eigenvalue weighted by Gasteiger charge is -2.20. The van der Waals surface area contributed by atoms with Crippen molar-refractivity contribution in [1.82, 2.24) is 14.7 Å². The van der Waals surface area contributed by atoms with Crippen LogP contribution in [0.15, 0.2) is 41.2 Å². The van der Waals surface area contributed by atoms with Gasteiger partial charge in [0.05, 0.1) is 18.4 Å². The van der Waals surface area contributed by atoms with E-state index in [-0.39, 0.29) is 18.0 Å². The van der Waals surface area contributed by atoms with Crippen LogP contribution in [0.1, 0.15) is 10.4 Å². The Balaban J connectivity index is 2.27. The van der Waals surface area contributed by atoms with E-state index in [1.54, 1.807) is 44.4 Å². The molecule has 1 aromatic heterocycles. The SMILES string of the molecule is CN(CC(O)CO)C(=O)c1cccc(-c2ccc(=O)n(C)n2)c1. The second-order valence-electron chi connectivity index (χ2n) is 5.28. The minimum absolute atomic E-state index is 0.0393. The molecule has 23 heavy (non-hydrogen) atoms. The number of nitrogens with zero attached hydrogens (tertiary/aromatic N) is 3. The number of hydrogen-bond acceptors (Lipinski definition) is 5. The van der Waals surface area contributed by atoms with Crippen LogP contribution in [0.25, 0.3) is 11.3 Å². The normalized spacial score (nSPS) is 12.0. The molecule has 2 aromatic rings. The van der Waals surface area contributed by atoms with Gasteiger partial charge in [0.2, 0.25) is 0 Å². The molecule has 0 aliphatic carbocycles. The predicted octanol–water partition coefficient (Wildman–Crippen LogP) is -0.128. The van der Waals surface area contributed by atoms with Crippen LogP contribution in [0.3, 0.4) is 0 Å². The number of likely N-dealkylation sites (N-methyl/N-ethyl adjacent to an activating group) is 1. The first-order valence-electron chi connectivity index (χ1n) is 7.11. The maximum Gasteiger partial charge on any atom is 0.266 e. The van der Waals surface area contributed by atoms with Crippen LogP contribution < -0.4 is 5.56 Å². The molecule has 1 unspecified atom stereocenters. The number of aliphatic hydroxyl groups excluding tert-OH is 2. The summed E-state index contributed by atoms with van der Waals surface area (Å²) in [5, 5.41) is 22.4. The molecule has 0 bridgehead atoms. The Bertz CT molecular complexity index is 757. The maximum atomic E-state index is 12.4. The Hall–Kier alpha value is -2.51. The largest absolute Gasteiger partial charge is 0.394 e. The van der Waals surface area contributed by atoms with Gasteiger partial charge in [-0.2, -0.15) is 5.10 Å². The molecule has 0 fully saturated rings. The van der Waals surface area contributed by atoms with E-state index in [9.17, 15) is 14.7 Å². The lowest BCUT2D eigenvalue weighted by atomic mass is 10.1. The molecule has 0 aliphatic heterocycles. The van der Waals surface area contributed by atoms with Gasteiger partial charge in [-0.1, -0.05) is 12.1 Å². The van der Waals surface area contributed by atoms with Crippen molar-refractivity contribution < 1.29 is 15.0 Å². The van der Waals surface area contributed by atoms with Gasteiger partial charge in [-0.15, -0.1) is 0 Å². The number of aryl methyl sites for hydroxylation is 1. The van der Waals surface area contributed by atoms with Crippen LogP contribution in [0, 0.1) is 0 Å². The molecular weight excluding hydrogens is 298 g/mol. The van der Waals surface area contributed by atoms with Gasteiger partial charge in [0.25, 0.3) is 11.5 Å². The molecule has 1 heterocycles. The first-order valence-corrected chi connectivity index (χ1v) is 7.11. The standard InChI is InChI=1S/C16H19N3O4/c1-18(9-13(21)10-20)16(23)12-5-3-4-11(8-12)14-6-7-15(22)19(2)17-14/h3-8,13,20-21H,9-10H2,1-2H3. The number of rotatable bonds is 5. The Morgan fingerprint density at radius 2 is 2.09 bits per heavy atom. The van der Waals surface area contributed by atoms with Crippen molar-refractivity contribution in [3.63, 3.8) is 0 Å². The lowest BCUT2D eigenvalue weighted by Crippen LogP contribution is -2.35. The van der Waals surface area contributed by atoms with Gasteiger partial charge in [-0.3, -0.25) is 9.59 Å². The fraction of sp³-hybridized carbons (Fsp3) is 0.312. The topological polar surface area (TPSA) is 95.7 Å². The molecule has 0 radical (unpaired) electrons. The molecule has 1 aromatic carbocycles. The fourth-order valence-electron chi connectivity index (χ4n) is 2.14. The van der Waals surface area contributed by atoms with Gasteiger partial charge in [0.1, 0.15) is 0 Å². The first-order chi connectivity index (χ1) is 10.9. The summed E-state index contributed by atoms with van der Waals surface area (Å²) in [6, 6.07) is 9.89. The summed E-state index contributed by atoms with van der Waals surface area (Å²) in [5.41, 5.74) is 1.52. The molecule has 2 rings (SSSR count). The third-order valence-corrected chi connectivity index (χ3v) is 3.41. The Morgan fingerprint density at radius 3 is 2.74 bits per heavy atom. The molecule has 2 N–H and O–H groups in total. The van der Waals surface area contributed by atoms with Gasteiger partial charge < -0.3 is 15.1 Å². The number of carbonyl (C=O) groups excluding carboxylic acids is 1. The smallest absolute Gasteiger partial charge is 0.266 e. The highest BCUT2D eigenvalue weighted by molar-refractivity contribution is 5.95. The number of aliphatic hydroxyl groups is 2. The average molecular weight is 317 g/mol. The number of carbonyl (C=O) groups is 1. The summed E-state index contributed by atoms with van der Waals surface area (Å²) in [5.74, 6) is -0.274. The van der Waals surface area contributed by atoms with E-state index in [1.165, 1.54) is 15.6 Å². The lowest BCUT2D eigenvalue weighted by molar-refractivity contribution is 0.0520. The first kappa shape index (κ1) is 16.9. The van der Waals surface area contributed by atoms with Crippen molar-refractivity contribution in [3.05, 3.63) is 52.3 Å². The summed E-state index contributed by atoms with van der Waals surface area (Å²) < 4.78 is 1.23. The quantitative estimate of drug-likeness (QED) is 0.801. The van der Waals surface area contributed by atoms with Crippen molar-refractivity contribution >= 4 is 5.91 Å². The van der Waals surface area contributed by atoms with Crippen molar-refractivity contribution in [1.29, 1.82) is 0 Å². The molecule has 7 nitrogen and oxygen atoms in total. The van der Waals surface area contributed by atoms with Gasteiger partial charge in [-0.25, -0.2) is 4.68 Å². The van der Waals surface area contributed by atoms with Crippen LogP contribution >= 0.6 is 0 Å². The van der Waals surface area contributed by atoms with Crippen LogP contribution in [0.5, 0.6) is 0 Å². The molecule has 7 heteroatoms. The van der Waals surface area contributed by atoms with Gasteiger partial charge in [0.15, 0.2) is 0 Å². The van der Waals surface area contributed by atoms with Crippen molar-refractivity contribution in [2.24, 2.45) is 7.05 Å². The van der Waals surface area contributed by atoms with Crippen LogP contribution in [0.4, 0.5) is 0 Å². The fourth-order valence-corrected chi connectivity index (χ4v) is 2.14. The summed E-state index contributed by atoms with van der Waals surface area (Å²) >= 11 is 0. The monoisotopic (exact) mass is 317 g/mol. The zero-order valence-corrected chi connectivity index (χ0v) is 13.0. The number of amides is 1. The molecular formula is C16H19N3O4. The highest BCUT2D eigenvalue weighted by atomic mass is 16.3. The van der Waals surface area contributed by atoms with Crippen molar-refractivity contribution in [3.8, 4) is 11.3 Å². The van der Waals surface area contributed by atoms with Gasteiger partial charge in [0, 0.05) is 37.8 Å². The number of aromatic nitrogens is 2. The zero-order chi connectivity index (χ0) is 17.0. The highest BCUT2D eigenvalue weighted by Gasteiger charge is 2.15. The van der Waals surface area contributed by atoms with Crippen molar-refractivity contribution in [2.45, 2.75) is 6.10 Å². The van der Waals surface area contributed by atoms with E-state index < -0.39 is 12.7 Å². The van der Waals surface area contributed by atoms with E-state index in [1.807, 2.05) is 0 Å². The van der Waals surface area contributed by atoms with Crippen LogP contribution in [0.2, 0.25) is 0 Å². The molecule has 0 saturated carbocycles. The molecule has 0 saturated heterocycles.